The maximum Gasteiger partial charge on any atom is 0.264 e. The lowest BCUT2D eigenvalue weighted by Gasteiger charge is -2.12. The Morgan fingerprint density at radius 3 is 2.39 bits per heavy atom. The molecule has 0 spiro atoms. The monoisotopic (exact) mass is 442 g/mol. The molecule has 10 heteroatoms. The molecule has 2 N–H and O–H groups in total. The summed E-state index contributed by atoms with van der Waals surface area (Å²) in [7, 11) is -2.36. The van der Waals surface area contributed by atoms with Gasteiger partial charge in [0.15, 0.2) is 5.75 Å². The van der Waals surface area contributed by atoms with Crippen molar-refractivity contribution in [3.63, 3.8) is 0 Å². The van der Waals surface area contributed by atoms with Crippen molar-refractivity contribution in [2.45, 2.75) is 11.8 Å². The van der Waals surface area contributed by atoms with E-state index in [0.717, 1.165) is 0 Å². The Morgan fingerprint density at radius 2 is 1.74 bits per heavy atom. The van der Waals surface area contributed by atoms with Crippen molar-refractivity contribution in [2.24, 2.45) is 0 Å². The molecule has 0 aliphatic rings. The van der Waals surface area contributed by atoms with Crippen molar-refractivity contribution in [2.75, 3.05) is 30.4 Å². The van der Waals surface area contributed by atoms with Gasteiger partial charge < -0.3 is 14.8 Å². The van der Waals surface area contributed by atoms with Gasteiger partial charge in [0.2, 0.25) is 5.95 Å². The number of rotatable bonds is 9. The molecule has 1 aromatic heterocycles. The van der Waals surface area contributed by atoms with Crippen LogP contribution < -0.4 is 14.8 Å². The number of aryl methyl sites for hydroxylation is 1. The molecule has 1 heterocycles. The highest BCUT2D eigenvalue weighted by molar-refractivity contribution is 7.92. The standard InChI is InChI=1S/C21H22N4O5S/c1-15-12-17(24-20(26)16-6-4-3-5-7-16)8-9-19(15)31(27,28)25-21-22-13-18(14-23-21)30-11-10-29-2/h3-9,12-14H,10-11H2,1-2H3,(H,24,26)(H,22,23,25). The molecule has 0 fully saturated rings. The van der Waals surface area contributed by atoms with Crippen LogP contribution in [0.3, 0.4) is 0 Å². The first-order chi connectivity index (χ1) is 14.9. The zero-order chi connectivity index (χ0) is 22.3. The Kier molecular flexibility index (Phi) is 7.16. The normalized spacial score (nSPS) is 11.0. The highest BCUT2D eigenvalue weighted by atomic mass is 32.2. The van der Waals surface area contributed by atoms with Crippen molar-refractivity contribution in [1.29, 1.82) is 0 Å². The summed E-state index contributed by atoms with van der Waals surface area (Å²) >= 11 is 0. The fraction of sp³-hybridized carbons (Fsp3) is 0.190. The molecule has 0 saturated carbocycles. The summed E-state index contributed by atoms with van der Waals surface area (Å²) in [5.74, 6) is 0.0320. The molecule has 3 rings (SSSR count). The maximum absolute atomic E-state index is 12.7. The van der Waals surface area contributed by atoms with Crippen molar-refractivity contribution < 1.29 is 22.7 Å². The lowest BCUT2D eigenvalue weighted by molar-refractivity contribution is 0.102. The Hall–Kier alpha value is -3.50. The third kappa shape index (κ3) is 6.00. The van der Waals surface area contributed by atoms with Crippen LogP contribution in [-0.4, -0.2) is 44.6 Å². The summed E-state index contributed by atoms with van der Waals surface area (Å²) in [5.41, 5.74) is 1.45. The van der Waals surface area contributed by atoms with E-state index >= 15 is 0 Å². The van der Waals surface area contributed by atoms with E-state index in [1.807, 2.05) is 6.07 Å². The van der Waals surface area contributed by atoms with Crippen LogP contribution in [0.2, 0.25) is 0 Å². The molecule has 2 aromatic carbocycles. The quantitative estimate of drug-likeness (QED) is 0.489. The van der Waals surface area contributed by atoms with Crippen LogP contribution in [0.25, 0.3) is 0 Å². The highest BCUT2D eigenvalue weighted by Gasteiger charge is 2.19. The van der Waals surface area contributed by atoms with Gasteiger partial charge in [-0.05, 0) is 42.8 Å². The molecular formula is C21H22N4O5S. The summed E-state index contributed by atoms with van der Waals surface area (Å²) in [4.78, 5) is 20.3. The predicted molar refractivity (Wildman–Crippen MR) is 116 cm³/mol. The minimum absolute atomic E-state index is 0.0502. The summed E-state index contributed by atoms with van der Waals surface area (Å²) in [6, 6.07) is 13.3. The third-order valence-electron chi connectivity index (χ3n) is 4.17. The Bertz CT molecular complexity index is 1140. The van der Waals surface area contributed by atoms with Crippen molar-refractivity contribution in [1.82, 2.24) is 9.97 Å². The molecule has 0 saturated heterocycles. The van der Waals surface area contributed by atoms with Gasteiger partial charge in [0, 0.05) is 18.4 Å². The fourth-order valence-electron chi connectivity index (χ4n) is 2.68. The molecule has 0 bridgehead atoms. The van der Waals surface area contributed by atoms with Crippen LogP contribution in [0.5, 0.6) is 5.75 Å². The number of benzene rings is 2. The van der Waals surface area contributed by atoms with E-state index in [4.69, 9.17) is 9.47 Å². The number of aromatic nitrogens is 2. The van der Waals surface area contributed by atoms with Gasteiger partial charge in [-0.2, -0.15) is 0 Å². The molecule has 1 amide bonds. The highest BCUT2D eigenvalue weighted by Crippen LogP contribution is 2.22. The lowest BCUT2D eigenvalue weighted by atomic mass is 10.2. The number of carbonyl (C=O) groups is 1. The van der Waals surface area contributed by atoms with E-state index in [2.05, 4.69) is 20.0 Å². The van der Waals surface area contributed by atoms with Gasteiger partial charge in [-0.15, -0.1) is 0 Å². The van der Waals surface area contributed by atoms with Gasteiger partial charge >= 0.3 is 0 Å². The van der Waals surface area contributed by atoms with E-state index in [1.54, 1.807) is 44.4 Å². The maximum atomic E-state index is 12.7. The van der Waals surface area contributed by atoms with Gasteiger partial charge in [0.1, 0.15) is 6.61 Å². The van der Waals surface area contributed by atoms with Crippen molar-refractivity contribution >= 4 is 27.6 Å². The van der Waals surface area contributed by atoms with E-state index < -0.39 is 10.0 Å². The number of methoxy groups -OCH3 is 1. The van der Waals surface area contributed by atoms with E-state index in [1.165, 1.54) is 24.5 Å². The number of nitrogens with zero attached hydrogens (tertiary/aromatic N) is 2. The average molecular weight is 442 g/mol. The smallest absolute Gasteiger partial charge is 0.264 e. The van der Waals surface area contributed by atoms with E-state index in [9.17, 15) is 13.2 Å². The number of anilines is 2. The predicted octanol–water partition coefficient (Wildman–Crippen LogP) is 2.86. The summed E-state index contributed by atoms with van der Waals surface area (Å²) in [6.07, 6.45) is 2.74. The lowest BCUT2D eigenvalue weighted by Crippen LogP contribution is -2.17. The first-order valence-corrected chi connectivity index (χ1v) is 10.8. The van der Waals surface area contributed by atoms with Gasteiger partial charge in [-0.1, -0.05) is 18.2 Å². The molecule has 0 unspecified atom stereocenters. The summed E-state index contributed by atoms with van der Waals surface area (Å²) in [5, 5.41) is 2.75. The molecule has 0 atom stereocenters. The van der Waals surface area contributed by atoms with Crippen molar-refractivity contribution in [3.05, 3.63) is 72.1 Å². The molecule has 9 nitrogen and oxygen atoms in total. The van der Waals surface area contributed by atoms with Crippen LogP contribution in [-0.2, 0) is 14.8 Å². The van der Waals surface area contributed by atoms with Crippen LogP contribution >= 0.6 is 0 Å². The first-order valence-electron chi connectivity index (χ1n) is 9.33. The van der Waals surface area contributed by atoms with Gasteiger partial charge in [-0.3, -0.25) is 4.79 Å². The minimum Gasteiger partial charge on any atom is -0.488 e. The number of carbonyl (C=O) groups excluding carboxylic acids is 1. The molecule has 3 aromatic rings. The number of amides is 1. The first kappa shape index (κ1) is 22.2. The van der Waals surface area contributed by atoms with Gasteiger partial charge in [-0.25, -0.2) is 23.1 Å². The van der Waals surface area contributed by atoms with E-state index in [0.29, 0.717) is 35.8 Å². The van der Waals surface area contributed by atoms with Crippen LogP contribution in [0.1, 0.15) is 15.9 Å². The second-order valence-electron chi connectivity index (χ2n) is 6.49. The number of sulfonamides is 1. The molecule has 162 valence electrons. The largest absolute Gasteiger partial charge is 0.488 e. The fourth-order valence-corrected chi connectivity index (χ4v) is 3.87. The van der Waals surface area contributed by atoms with Gasteiger partial charge in [0.05, 0.1) is 23.9 Å². The topological polar surface area (TPSA) is 120 Å². The SMILES string of the molecule is COCCOc1cnc(NS(=O)(=O)c2ccc(NC(=O)c3ccccc3)cc2C)nc1. The Labute approximate surface area is 180 Å². The van der Waals surface area contributed by atoms with E-state index in [-0.39, 0.29) is 16.8 Å². The summed E-state index contributed by atoms with van der Waals surface area (Å²) in [6.45, 7) is 2.38. The third-order valence-corrected chi connectivity index (χ3v) is 5.66. The Morgan fingerprint density at radius 1 is 1.03 bits per heavy atom. The molecule has 31 heavy (non-hydrogen) atoms. The second kappa shape index (κ2) is 10.0. The van der Waals surface area contributed by atoms with Crippen molar-refractivity contribution in [3.8, 4) is 5.75 Å². The number of hydrogen-bond acceptors (Lipinski definition) is 7. The number of hydrogen-bond donors (Lipinski definition) is 2. The molecule has 0 aliphatic carbocycles. The molecular weight excluding hydrogens is 420 g/mol. The number of ether oxygens (including phenoxy) is 2. The van der Waals surface area contributed by atoms with Crippen LogP contribution in [0.15, 0.2) is 65.8 Å². The zero-order valence-corrected chi connectivity index (χ0v) is 17.8. The van der Waals surface area contributed by atoms with Crippen LogP contribution in [0, 0.1) is 6.92 Å². The average Bonchev–Trinajstić information content (AvgIpc) is 2.75. The molecule has 0 radical (unpaired) electrons. The second-order valence-corrected chi connectivity index (χ2v) is 8.14. The summed E-state index contributed by atoms with van der Waals surface area (Å²) < 4.78 is 38.1. The minimum atomic E-state index is -3.92. The zero-order valence-electron chi connectivity index (χ0n) is 17.0. The van der Waals surface area contributed by atoms with Gasteiger partial charge in [0.25, 0.3) is 15.9 Å². The Balaban J connectivity index is 1.69. The van der Waals surface area contributed by atoms with Crippen LogP contribution in [0.4, 0.5) is 11.6 Å². The number of nitrogens with one attached hydrogen (secondary N) is 2. The molecule has 0 aliphatic heterocycles.